The van der Waals surface area contributed by atoms with Crippen LogP contribution in [0.1, 0.15) is 15.9 Å². The van der Waals surface area contributed by atoms with Gasteiger partial charge in [0, 0.05) is 15.7 Å². The number of benzene rings is 3. The number of carbonyl (C=O) groups is 3. The Labute approximate surface area is 252 Å². The molecule has 2 N–H and O–H groups in total. The number of hydrogen-bond acceptors (Lipinski definition) is 8. The largest absolute Gasteiger partial charge is 0.497 e. The van der Waals surface area contributed by atoms with Crippen molar-refractivity contribution in [3.63, 3.8) is 0 Å². The zero-order chi connectivity index (χ0) is 28.8. The van der Waals surface area contributed by atoms with Gasteiger partial charge >= 0.3 is 0 Å². The summed E-state index contributed by atoms with van der Waals surface area (Å²) in [5, 5.41) is 4.20. The predicted octanol–water partition coefficient (Wildman–Crippen LogP) is 5.68. The average molecular weight is 663 g/mol. The van der Waals surface area contributed by atoms with Crippen LogP contribution >= 0.6 is 51.5 Å². The van der Waals surface area contributed by atoms with Gasteiger partial charge in [-0.05, 0) is 94.4 Å². The second kappa shape index (κ2) is 13.2. The van der Waals surface area contributed by atoms with E-state index in [1.807, 2.05) is 0 Å². The Kier molecular flexibility index (Phi) is 9.69. The number of thiocarbonyl (C=S) groups is 1. The van der Waals surface area contributed by atoms with Crippen LogP contribution in [0.3, 0.4) is 0 Å². The number of hydrogen-bond donors (Lipinski definition) is 2. The highest BCUT2D eigenvalue weighted by molar-refractivity contribution is 9.10. The smallest absolute Gasteiger partial charge is 0.285 e. The highest BCUT2D eigenvalue weighted by Crippen LogP contribution is 2.34. The van der Waals surface area contributed by atoms with E-state index in [4.69, 9.17) is 38.0 Å². The number of nitrogens with one attached hydrogen (secondary N) is 2. The average Bonchev–Trinajstić information content (AvgIpc) is 3.21. The molecular formula is C27H21BrClN3O6S2. The van der Waals surface area contributed by atoms with E-state index < -0.39 is 11.8 Å². The van der Waals surface area contributed by atoms with E-state index in [-0.39, 0.29) is 16.8 Å². The Morgan fingerprint density at radius 1 is 1.05 bits per heavy atom. The van der Waals surface area contributed by atoms with Crippen molar-refractivity contribution >= 4 is 85.3 Å². The van der Waals surface area contributed by atoms with E-state index in [1.165, 1.54) is 14.2 Å². The van der Waals surface area contributed by atoms with Gasteiger partial charge in [-0.1, -0.05) is 29.4 Å². The van der Waals surface area contributed by atoms with Gasteiger partial charge in [0.2, 0.25) is 0 Å². The summed E-state index contributed by atoms with van der Waals surface area (Å²) in [6, 6.07) is 16.5. The molecule has 0 aliphatic carbocycles. The fraction of sp³-hybridized carbons (Fsp3) is 0.111. The topological polar surface area (TPSA) is 106 Å². The minimum Gasteiger partial charge on any atom is -0.497 e. The van der Waals surface area contributed by atoms with Crippen LogP contribution in [0, 0.1) is 0 Å². The number of methoxy groups -OCH3 is 2. The van der Waals surface area contributed by atoms with Crippen LogP contribution in [0.5, 0.6) is 17.2 Å². The van der Waals surface area contributed by atoms with Gasteiger partial charge in [-0.25, -0.2) is 0 Å². The standard InChI is InChI=1S/C27H21BrClN3O6S2/c1-36-18-7-4-16(5-8-18)25(34)31-32-26(35)23(40-27(32)39)12-15-3-10-21(22(11-15)37-2)38-14-24(33)30-17-6-9-19(28)20(29)13-17/h3-13H,14H2,1-2H3,(H,30,33)(H,31,34)/b23-12+. The monoisotopic (exact) mass is 661 g/mol. The quantitative estimate of drug-likeness (QED) is 0.223. The van der Waals surface area contributed by atoms with E-state index in [9.17, 15) is 14.4 Å². The molecule has 0 bridgehead atoms. The maximum Gasteiger partial charge on any atom is 0.285 e. The summed E-state index contributed by atoms with van der Waals surface area (Å²) in [5.41, 5.74) is 4.03. The fourth-order valence-corrected chi connectivity index (χ4v) is 5.04. The number of halogens is 2. The molecule has 1 aliphatic heterocycles. The Bertz CT molecular complexity index is 1520. The van der Waals surface area contributed by atoms with Gasteiger partial charge in [0.1, 0.15) is 5.75 Å². The molecular weight excluding hydrogens is 642 g/mol. The van der Waals surface area contributed by atoms with Crippen LogP contribution in [-0.2, 0) is 9.59 Å². The second-order valence-electron chi connectivity index (χ2n) is 8.06. The van der Waals surface area contributed by atoms with Crippen molar-refractivity contribution in [1.82, 2.24) is 10.4 Å². The molecule has 1 fully saturated rings. The van der Waals surface area contributed by atoms with Gasteiger partial charge in [0.05, 0.1) is 24.1 Å². The molecule has 0 aromatic heterocycles. The predicted molar refractivity (Wildman–Crippen MR) is 162 cm³/mol. The van der Waals surface area contributed by atoms with Gasteiger partial charge in [-0.3, -0.25) is 19.8 Å². The van der Waals surface area contributed by atoms with Crippen molar-refractivity contribution in [2.45, 2.75) is 0 Å². The maximum absolute atomic E-state index is 13.0. The minimum absolute atomic E-state index is 0.183. The van der Waals surface area contributed by atoms with E-state index in [2.05, 4.69) is 26.7 Å². The van der Waals surface area contributed by atoms with Crippen LogP contribution in [0.15, 0.2) is 70.0 Å². The first-order valence-corrected chi connectivity index (χ1v) is 13.9. The maximum atomic E-state index is 13.0. The van der Waals surface area contributed by atoms with E-state index in [1.54, 1.807) is 66.7 Å². The van der Waals surface area contributed by atoms with Gasteiger partial charge < -0.3 is 19.5 Å². The summed E-state index contributed by atoms with van der Waals surface area (Å²) in [4.78, 5) is 38.2. The lowest BCUT2D eigenvalue weighted by molar-refractivity contribution is -0.123. The number of hydrazine groups is 1. The summed E-state index contributed by atoms with van der Waals surface area (Å²) >= 11 is 15.7. The first-order chi connectivity index (χ1) is 19.2. The third-order valence-electron chi connectivity index (χ3n) is 5.41. The zero-order valence-electron chi connectivity index (χ0n) is 21.0. The number of nitrogens with zero attached hydrogens (tertiary/aromatic N) is 1. The van der Waals surface area contributed by atoms with Gasteiger partial charge in [-0.2, -0.15) is 5.01 Å². The lowest BCUT2D eigenvalue weighted by Crippen LogP contribution is -2.44. The molecule has 3 amide bonds. The third kappa shape index (κ3) is 7.13. The fourth-order valence-electron chi connectivity index (χ4n) is 3.43. The van der Waals surface area contributed by atoms with E-state index in [0.29, 0.717) is 48.5 Å². The van der Waals surface area contributed by atoms with Crippen LogP contribution in [0.25, 0.3) is 6.08 Å². The Hall–Kier alpha value is -3.58. The Morgan fingerprint density at radius 2 is 1.80 bits per heavy atom. The van der Waals surface area contributed by atoms with Gasteiger partial charge in [-0.15, -0.1) is 0 Å². The molecule has 13 heteroatoms. The third-order valence-corrected chi connectivity index (χ3v) is 7.94. The molecule has 4 rings (SSSR count). The molecule has 9 nitrogen and oxygen atoms in total. The van der Waals surface area contributed by atoms with Crippen LogP contribution < -0.4 is 25.0 Å². The van der Waals surface area contributed by atoms with Crippen molar-refractivity contribution in [1.29, 1.82) is 0 Å². The van der Waals surface area contributed by atoms with Crippen molar-refractivity contribution < 1.29 is 28.6 Å². The van der Waals surface area contributed by atoms with Crippen molar-refractivity contribution in [3.8, 4) is 17.2 Å². The highest BCUT2D eigenvalue weighted by Gasteiger charge is 2.34. The second-order valence-corrected chi connectivity index (χ2v) is 11.0. The van der Waals surface area contributed by atoms with E-state index >= 15 is 0 Å². The SMILES string of the molecule is COc1ccc(C(=O)NN2C(=O)/C(=C\c3ccc(OCC(=O)Nc4ccc(Br)c(Cl)c4)c(OC)c3)SC2=S)cc1. The van der Waals surface area contributed by atoms with Crippen molar-refractivity contribution in [2.24, 2.45) is 0 Å². The molecule has 0 saturated carbocycles. The van der Waals surface area contributed by atoms with Crippen LogP contribution in [0.2, 0.25) is 5.02 Å². The first-order valence-electron chi connectivity index (χ1n) is 11.5. The Balaban J connectivity index is 1.40. The number of ether oxygens (including phenoxy) is 3. The molecule has 3 aromatic carbocycles. The molecule has 1 heterocycles. The number of rotatable bonds is 9. The number of anilines is 1. The summed E-state index contributed by atoms with van der Waals surface area (Å²) in [5.74, 6) is -0.0489. The van der Waals surface area contributed by atoms with E-state index in [0.717, 1.165) is 16.8 Å². The van der Waals surface area contributed by atoms with Gasteiger partial charge in [0.15, 0.2) is 22.4 Å². The normalized spacial score (nSPS) is 13.8. The molecule has 3 aromatic rings. The lowest BCUT2D eigenvalue weighted by Gasteiger charge is -2.15. The number of thioether (sulfide) groups is 1. The van der Waals surface area contributed by atoms with Crippen LogP contribution in [0.4, 0.5) is 5.69 Å². The van der Waals surface area contributed by atoms with Crippen molar-refractivity contribution in [3.05, 3.63) is 86.2 Å². The minimum atomic E-state index is -0.490. The number of carbonyl (C=O) groups excluding carboxylic acids is 3. The highest BCUT2D eigenvalue weighted by atomic mass is 79.9. The molecule has 0 radical (unpaired) electrons. The Morgan fingerprint density at radius 3 is 2.48 bits per heavy atom. The zero-order valence-corrected chi connectivity index (χ0v) is 25.0. The molecule has 40 heavy (non-hydrogen) atoms. The molecule has 206 valence electrons. The lowest BCUT2D eigenvalue weighted by atomic mass is 10.2. The summed E-state index contributed by atoms with van der Waals surface area (Å²) in [6.45, 7) is -0.268. The van der Waals surface area contributed by atoms with Crippen LogP contribution in [-0.4, -0.2) is 47.9 Å². The van der Waals surface area contributed by atoms with Gasteiger partial charge in [0.25, 0.3) is 17.7 Å². The molecule has 1 aliphatic rings. The van der Waals surface area contributed by atoms with Crippen molar-refractivity contribution in [2.75, 3.05) is 26.1 Å². The summed E-state index contributed by atoms with van der Waals surface area (Å²) < 4.78 is 17.1. The molecule has 0 spiro atoms. The first kappa shape index (κ1) is 29.4. The summed E-state index contributed by atoms with van der Waals surface area (Å²) in [7, 11) is 2.99. The molecule has 0 atom stereocenters. The number of amides is 3. The summed E-state index contributed by atoms with van der Waals surface area (Å²) in [6.07, 6.45) is 1.62. The molecule has 1 saturated heterocycles. The molecule has 0 unspecified atom stereocenters.